The highest BCUT2D eigenvalue weighted by Gasteiger charge is 2.09. The predicted octanol–water partition coefficient (Wildman–Crippen LogP) is 4.23. The lowest BCUT2D eigenvalue weighted by Crippen LogP contribution is -2.20. The van der Waals surface area contributed by atoms with Crippen LogP contribution in [0.5, 0.6) is 0 Å². The summed E-state index contributed by atoms with van der Waals surface area (Å²) in [6.07, 6.45) is 5.24. The molecule has 0 aliphatic rings. The van der Waals surface area contributed by atoms with Gasteiger partial charge in [0.15, 0.2) is 9.84 Å². The molecule has 21 heavy (non-hydrogen) atoms. The topological polar surface area (TPSA) is 37.4 Å². The highest BCUT2D eigenvalue weighted by molar-refractivity contribution is 7.92. The molecule has 0 aliphatic carbocycles. The Kier molecular flexibility index (Phi) is 5.24. The van der Waals surface area contributed by atoms with Crippen molar-refractivity contribution < 1.29 is 8.42 Å². The molecule has 0 spiro atoms. The third-order valence-electron chi connectivity index (χ3n) is 3.07. The van der Waals surface area contributed by atoms with Gasteiger partial charge in [0, 0.05) is 29.1 Å². The van der Waals surface area contributed by atoms with Gasteiger partial charge in [-0.3, -0.25) is 0 Å². The summed E-state index contributed by atoms with van der Waals surface area (Å²) in [5, 5.41) is 1.27. The molecule has 0 N–H and O–H groups in total. The van der Waals surface area contributed by atoms with Gasteiger partial charge in [0.25, 0.3) is 0 Å². The van der Waals surface area contributed by atoms with Gasteiger partial charge < -0.3 is 4.90 Å². The van der Waals surface area contributed by atoms with Gasteiger partial charge in [-0.05, 0) is 50.3 Å². The Morgan fingerprint density at radius 1 is 1.00 bits per heavy atom. The molecule has 2 rings (SSSR count). The minimum atomic E-state index is -3.10. The van der Waals surface area contributed by atoms with Gasteiger partial charge in [-0.1, -0.05) is 0 Å². The van der Waals surface area contributed by atoms with Crippen molar-refractivity contribution in [2.45, 2.75) is 18.1 Å². The first kappa shape index (κ1) is 16.3. The first-order valence-electron chi connectivity index (χ1n) is 6.76. The third kappa shape index (κ3) is 4.18. The number of nitrogens with zero attached hydrogens (tertiary/aromatic N) is 1. The lowest BCUT2D eigenvalue weighted by molar-refractivity contribution is 0.604. The van der Waals surface area contributed by atoms with Crippen molar-refractivity contribution in [3.8, 4) is 0 Å². The van der Waals surface area contributed by atoms with Crippen LogP contribution in [0.1, 0.15) is 23.6 Å². The predicted molar refractivity (Wildman–Crippen MR) is 94.2 cm³/mol. The summed E-state index contributed by atoms with van der Waals surface area (Å²) in [4.78, 5) is 4.44. The fraction of sp³-hybridized carbons (Fsp3) is 0.333. The summed E-state index contributed by atoms with van der Waals surface area (Å²) in [5.74, 6) is 0. The van der Waals surface area contributed by atoms with Crippen LogP contribution in [0.25, 0.3) is 12.2 Å². The van der Waals surface area contributed by atoms with E-state index in [4.69, 9.17) is 0 Å². The summed E-state index contributed by atoms with van der Waals surface area (Å²) in [7, 11) is -3.10. The number of rotatable bonds is 6. The number of anilines is 1. The zero-order valence-corrected chi connectivity index (χ0v) is 14.8. The monoisotopic (exact) mass is 341 g/mol. The first-order chi connectivity index (χ1) is 9.94. The summed E-state index contributed by atoms with van der Waals surface area (Å²) in [5.41, 5.74) is 0. The largest absolute Gasteiger partial charge is 0.364 e. The molecule has 0 unspecified atom stereocenters. The van der Waals surface area contributed by atoms with Crippen LogP contribution in [-0.2, 0) is 9.84 Å². The van der Waals surface area contributed by atoms with Crippen LogP contribution in [0.2, 0.25) is 0 Å². The molecule has 2 aromatic rings. The van der Waals surface area contributed by atoms with Gasteiger partial charge in [0.2, 0.25) is 0 Å². The minimum absolute atomic E-state index is 0.414. The molecule has 114 valence electrons. The Morgan fingerprint density at radius 3 is 2.10 bits per heavy atom. The molecule has 6 heteroatoms. The molecule has 2 heterocycles. The number of hydrogen-bond acceptors (Lipinski definition) is 5. The smallest absolute Gasteiger partial charge is 0.184 e. The van der Waals surface area contributed by atoms with Crippen LogP contribution in [0.4, 0.5) is 5.00 Å². The summed E-state index contributed by atoms with van der Waals surface area (Å²) >= 11 is 3.05. The molecule has 2 aromatic heterocycles. The van der Waals surface area contributed by atoms with Crippen molar-refractivity contribution in [2.24, 2.45) is 0 Å². The van der Waals surface area contributed by atoms with E-state index in [2.05, 4.69) is 30.9 Å². The second kappa shape index (κ2) is 6.77. The van der Waals surface area contributed by atoms with E-state index >= 15 is 0 Å². The summed E-state index contributed by atoms with van der Waals surface area (Å²) < 4.78 is 23.3. The quantitative estimate of drug-likeness (QED) is 0.789. The number of sulfone groups is 1. The summed E-state index contributed by atoms with van der Waals surface area (Å²) in [6, 6.07) is 7.74. The molecule has 0 aliphatic heterocycles. The van der Waals surface area contributed by atoms with Gasteiger partial charge >= 0.3 is 0 Å². The average molecular weight is 342 g/mol. The Bertz CT molecular complexity index is 722. The van der Waals surface area contributed by atoms with Crippen LogP contribution < -0.4 is 4.90 Å². The molecule has 0 radical (unpaired) electrons. The highest BCUT2D eigenvalue weighted by Crippen LogP contribution is 2.28. The van der Waals surface area contributed by atoms with E-state index in [0.717, 1.165) is 18.0 Å². The van der Waals surface area contributed by atoms with Crippen LogP contribution in [0, 0.1) is 0 Å². The second-order valence-electron chi connectivity index (χ2n) is 4.61. The van der Waals surface area contributed by atoms with Crippen molar-refractivity contribution in [3.63, 3.8) is 0 Å². The van der Waals surface area contributed by atoms with E-state index in [9.17, 15) is 8.42 Å². The maximum Gasteiger partial charge on any atom is 0.184 e. The molecular weight excluding hydrogens is 322 g/mol. The Balaban J connectivity index is 2.13. The Labute approximate surface area is 134 Å². The molecule has 0 atom stereocenters. The SMILES string of the molecule is CCN(CC)c1ccc(/C=C/c2ccc(S(C)(=O)=O)s2)s1. The number of thiophene rings is 2. The van der Waals surface area contributed by atoms with Gasteiger partial charge in [0.05, 0.1) is 5.00 Å². The van der Waals surface area contributed by atoms with Crippen LogP contribution >= 0.6 is 22.7 Å². The van der Waals surface area contributed by atoms with E-state index in [-0.39, 0.29) is 0 Å². The zero-order valence-electron chi connectivity index (χ0n) is 12.4. The zero-order chi connectivity index (χ0) is 15.5. The number of hydrogen-bond donors (Lipinski definition) is 0. The molecule has 0 bridgehead atoms. The highest BCUT2D eigenvalue weighted by atomic mass is 32.2. The van der Waals surface area contributed by atoms with Gasteiger partial charge in [-0.2, -0.15) is 0 Å². The Morgan fingerprint density at radius 2 is 1.57 bits per heavy atom. The standard InChI is InChI=1S/C15H19NO2S3/c1-4-16(5-2)14-10-8-12(19-14)6-7-13-9-11-15(20-13)21(3,17)18/h6-11H,4-5H2,1-3H3/b7-6+. The third-order valence-corrected chi connectivity index (χ3v) is 7.05. The van der Waals surface area contributed by atoms with Crippen molar-refractivity contribution in [1.29, 1.82) is 0 Å². The fourth-order valence-electron chi connectivity index (χ4n) is 1.92. The lowest BCUT2D eigenvalue weighted by atomic mass is 10.3. The van der Waals surface area contributed by atoms with E-state index in [1.165, 1.54) is 27.5 Å². The minimum Gasteiger partial charge on any atom is -0.364 e. The van der Waals surface area contributed by atoms with Crippen LogP contribution in [-0.4, -0.2) is 27.8 Å². The normalized spacial score (nSPS) is 12.1. The van der Waals surface area contributed by atoms with Gasteiger partial charge in [-0.25, -0.2) is 8.42 Å². The van der Waals surface area contributed by atoms with Gasteiger partial charge in [0.1, 0.15) is 4.21 Å². The van der Waals surface area contributed by atoms with Crippen molar-refractivity contribution in [2.75, 3.05) is 24.2 Å². The summed E-state index contributed by atoms with van der Waals surface area (Å²) in [6.45, 7) is 6.31. The molecule has 0 aromatic carbocycles. The van der Waals surface area contributed by atoms with E-state index in [1.807, 2.05) is 18.2 Å². The lowest BCUT2D eigenvalue weighted by Gasteiger charge is -2.17. The van der Waals surface area contributed by atoms with E-state index < -0.39 is 9.84 Å². The molecule has 0 fully saturated rings. The van der Waals surface area contributed by atoms with Crippen LogP contribution in [0.3, 0.4) is 0 Å². The second-order valence-corrected chi connectivity index (χ2v) is 9.06. The van der Waals surface area contributed by atoms with Crippen molar-refractivity contribution in [3.05, 3.63) is 34.0 Å². The van der Waals surface area contributed by atoms with Crippen molar-refractivity contribution in [1.82, 2.24) is 0 Å². The first-order valence-corrected chi connectivity index (χ1v) is 10.3. The van der Waals surface area contributed by atoms with E-state index in [0.29, 0.717) is 4.21 Å². The fourth-order valence-corrected chi connectivity index (χ4v) is 4.81. The van der Waals surface area contributed by atoms with Crippen molar-refractivity contribution >= 4 is 49.7 Å². The van der Waals surface area contributed by atoms with Crippen LogP contribution in [0.15, 0.2) is 28.5 Å². The maximum atomic E-state index is 11.4. The molecule has 0 amide bonds. The molecule has 0 saturated heterocycles. The molecular formula is C15H19NO2S3. The maximum absolute atomic E-state index is 11.4. The van der Waals surface area contributed by atoms with Gasteiger partial charge in [-0.15, -0.1) is 22.7 Å². The molecule has 3 nitrogen and oxygen atoms in total. The average Bonchev–Trinajstić information content (AvgIpc) is 3.06. The Hall–Kier alpha value is -1.11. The molecule has 0 saturated carbocycles. The van der Waals surface area contributed by atoms with E-state index in [1.54, 1.807) is 17.4 Å².